The summed E-state index contributed by atoms with van der Waals surface area (Å²) < 4.78 is 7.68. The Balaban J connectivity index is 2.11. The van der Waals surface area contributed by atoms with Crippen LogP contribution in [0.5, 0.6) is 5.75 Å². The summed E-state index contributed by atoms with van der Waals surface area (Å²) in [7, 11) is 0. The second kappa shape index (κ2) is 7.31. The first-order valence-corrected chi connectivity index (χ1v) is 7.74. The molecule has 2 aromatic rings. The predicted molar refractivity (Wildman–Crippen MR) is 80.8 cm³/mol. The van der Waals surface area contributed by atoms with Gasteiger partial charge in [-0.05, 0) is 19.9 Å². The van der Waals surface area contributed by atoms with Crippen LogP contribution in [0.4, 0.5) is 0 Å². The van der Waals surface area contributed by atoms with Crippen LogP contribution < -0.4 is 10.5 Å². The third-order valence-electron chi connectivity index (χ3n) is 2.92. The van der Waals surface area contributed by atoms with Gasteiger partial charge in [-0.2, -0.15) is 0 Å². The van der Waals surface area contributed by atoms with E-state index < -0.39 is 0 Å². The summed E-state index contributed by atoms with van der Waals surface area (Å²) in [4.78, 5) is 0. The van der Waals surface area contributed by atoms with E-state index >= 15 is 0 Å². The van der Waals surface area contributed by atoms with Crippen LogP contribution >= 0.6 is 11.8 Å². The minimum Gasteiger partial charge on any atom is -0.494 e. The highest BCUT2D eigenvalue weighted by Gasteiger charge is 2.11. The molecule has 0 saturated carbocycles. The standard InChI is InChI=1S/C14H20N4OS/c1-3-18-13(9-15)16-17-14(18)20-10-11-7-5-6-8-12(11)19-4-2/h5-8H,3-4,9-10,15H2,1-2H3. The van der Waals surface area contributed by atoms with Crippen molar-refractivity contribution in [3.63, 3.8) is 0 Å². The van der Waals surface area contributed by atoms with Crippen molar-refractivity contribution in [2.24, 2.45) is 5.73 Å². The van der Waals surface area contributed by atoms with Gasteiger partial charge in [0.1, 0.15) is 11.6 Å². The number of hydrogen-bond acceptors (Lipinski definition) is 5. The number of para-hydroxylation sites is 1. The molecule has 0 atom stereocenters. The van der Waals surface area contributed by atoms with Crippen LogP contribution in [0.1, 0.15) is 25.2 Å². The number of nitrogens with zero attached hydrogens (tertiary/aromatic N) is 3. The summed E-state index contributed by atoms with van der Waals surface area (Å²) in [5, 5.41) is 9.22. The molecular weight excluding hydrogens is 272 g/mol. The van der Waals surface area contributed by atoms with Gasteiger partial charge in [0.15, 0.2) is 5.16 Å². The third-order valence-corrected chi connectivity index (χ3v) is 3.94. The van der Waals surface area contributed by atoms with Crippen LogP contribution in [-0.2, 0) is 18.8 Å². The van der Waals surface area contributed by atoms with Crippen molar-refractivity contribution in [1.82, 2.24) is 14.8 Å². The van der Waals surface area contributed by atoms with E-state index in [2.05, 4.69) is 23.2 Å². The van der Waals surface area contributed by atoms with Gasteiger partial charge >= 0.3 is 0 Å². The summed E-state index contributed by atoms with van der Waals surface area (Å²) >= 11 is 1.65. The SMILES string of the molecule is CCOc1ccccc1CSc1nnc(CN)n1CC. The summed E-state index contributed by atoms with van der Waals surface area (Å²) in [6.45, 7) is 5.97. The van der Waals surface area contributed by atoms with Gasteiger partial charge in [0, 0.05) is 17.9 Å². The number of rotatable bonds is 7. The Kier molecular flexibility index (Phi) is 5.43. The molecule has 6 heteroatoms. The maximum absolute atomic E-state index is 5.66. The van der Waals surface area contributed by atoms with Crippen LogP contribution in [0.25, 0.3) is 0 Å². The number of aromatic nitrogens is 3. The summed E-state index contributed by atoms with van der Waals surface area (Å²) in [5.41, 5.74) is 6.82. The van der Waals surface area contributed by atoms with E-state index in [0.717, 1.165) is 29.0 Å². The zero-order valence-electron chi connectivity index (χ0n) is 11.9. The molecule has 2 rings (SSSR count). The lowest BCUT2D eigenvalue weighted by atomic mass is 10.2. The van der Waals surface area contributed by atoms with E-state index in [4.69, 9.17) is 10.5 Å². The van der Waals surface area contributed by atoms with E-state index in [1.165, 1.54) is 5.56 Å². The Morgan fingerprint density at radius 2 is 2.05 bits per heavy atom. The lowest BCUT2D eigenvalue weighted by Crippen LogP contribution is -2.08. The molecule has 1 aromatic heterocycles. The van der Waals surface area contributed by atoms with Crippen molar-refractivity contribution in [3.05, 3.63) is 35.7 Å². The van der Waals surface area contributed by atoms with E-state index in [9.17, 15) is 0 Å². The molecule has 5 nitrogen and oxygen atoms in total. The van der Waals surface area contributed by atoms with Crippen LogP contribution in [0.3, 0.4) is 0 Å². The molecule has 0 amide bonds. The Morgan fingerprint density at radius 3 is 2.75 bits per heavy atom. The molecule has 0 radical (unpaired) electrons. The molecule has 0 bridgehead atoms. The Hall–Kier alpha value is -1.53. The highest BCUT2D eigenvalue weighted by atomic mass is 32.2. The van der Waals surface area contributed by atoms with E-state index in [-0.39, 0.29) is 0 Å². The van der Waals surface area contributed by atoms with Crippen molar-refractivity contribution < 1.29 is 4.74 Å². The van der Waals surface area contributed by atoms with Gasteiger partial charge < -0.3 is 15.0 Å². The highest BCUT2D eigenvalue weighted by Crippen LogP contribution is 2.27. The molecule has 0 saturated heterocycles. The predicted octanol–water partition coefficient (Wildman–Crippen LogP) is 2.45. The topological polar surface area (TPSA) is 66.0 Å². The maximum Gasteiger partial charge on any atom is 0.191 e. The van der Waals surface area contributed by atoms with Crippen LogP contribution in [0, 0.1) is 0 Å². The normalized spacial score (nSPS) is 10.8. The molecular formula is C14H20N4OS. The third kappa shape index (κ3) is 3.32. The number of thioether (sulfide) groups is 1. The number of hydrogen-bond donors (Lipinski definition) is 1. The monoisotopic (exact) mass is 292 g/mol. The first-order chi connectivity index (χ1) is 9.80. The zero-order valence-corrected chi connectivity index (χ0v) is 12.7. The molecule has 0 aliphatic carbocycles. The lowest BCUT2D eigenvalue weighted by Gasteiger charge is -2.10. The fraction of sp³-hybridized carbons (Fsp3) is 0.429. The zero-order chi connectivity index (χ0) is 14.4. The van der Waals surface area contributed by atoms with E-state index in [0.29, 0.717) is 13.2 Å². The first-order valence-electron chi connectivity index (χ1n) is 6.75. The van der Waals surface area contributed by atoms with Crippen LogP contribution in [0.15, 0.2) is 29.4 Å². The smallest absolute Gasteiger partial charge is 0.191 e. The van der Waals surface area contributed by atoms with Crippen molar-refractivity contribution >= 4 is 11.8 Å². The average molecular weight is 292 g/mol. The van der Waals surface area contributed by atoms with E-state index in [1.807, 2.05) is 29.7 Å². The molecule has 1 aromatic carbocycles. The molecule has 0 aliphatic heterocycles. The minimum atomic E-state index is 0.414. The van der Waals surface area contributed by atoms with Gasteiger partial charge in [0.05, 0.1) is 13.2 Å². The van der Waals surface area contributed by atoms with Gasteiger partial charge in [0.2, 0.25) is 0 Å². The Labute approximate surface area is 123 Å². The van der Waals surface area contributed by atoms with E-state index in [1.54, 1.807) is 11.8 Å². The first kappa shape index (κ1) is 14.9. The number of ether oxygens (including phenoxy) is 1. The summed E-state index contributed by atoms with van der Waals surface area (Å²) in [6, 6.07) is 8.08. The minimum absolute atomic E-state index is 0.414. The Bertz CT molecular complexity index is 556. The van der Waals surface area contributed by atoms with Crippen molar-refractivity contribution in [3.8, 4) is 5.75 Å². The molecule has 0 fully saturated rings. The number of benzene rings is 1. The molecule has 108 valence electrons. The summed E-state index contributed by atoms with van der Waals surface area (Å²) in [6.07, 6.45) is 0. The van der Waals surface area contributed by atoms with Crippen molar-refractivity contribution in [2.75, 3.05) is 6.61 Å². The molecule has 0 aliphatic rings. The fourth-order valence-electron chi connectivity index (χ4n) is 1.96. The molecule has 0 unspecified atom stereocenters. The van der Waals surface area contributed by atoms with Crippen LogP contribution in [-0.4, -0.2) is 21.4 Å². The van der Waals surface area contributed by atoms with Gasteiger partial charge in [-0.25, -0.2) is 0 Å². The van der Waals surface area contributed by atoms with Gasteiger partial charge in [-0.3, -0.25) is 0 Å². The van der Waals surface area contributed by atoms with Crippen LogP contribution in [0.2, 0.25) is 0 Å². The van der Waals surface area contributed by atoms with Gasteiger partial charge in [-0.15, -0.1) is 10.2 Å². The van der Waals surface area contributed by atoms with Crippen molar-refractivity contribution in [2.45, 2.75) is 37.8 Å². The molecule has 1 heterocycles. The number of nitrogens with two attached hydrogens (primary N) is 1. The quantitative estimate of drug-likeness (QED) is 0.794. The van der Waals surface area contributed by atoms with Gasteiger partial charge in [-0.1, -0.05) is 30.0 Å². The lowest BCUT2D eigenvalue weighted by molar-refractivity contribution is 0.337. The Morgan fingerprint density at radius 1 is 1.25 bits per heavy atom. The fourth-order valence-corrected chi connectivity index (χ4v) is 2.97. The highest BCUT2D eigenvalue weighted by molar-refractivity contribution is 7.98. The second-order valence-corrected chi connectivity index (χ2v) is 5.12. The maximum atomic E-state index is 5.66. The largest absolute Gasteiger partial charge is 0.494 e. The molecule has 0 spiro atoms. The molecule has 2 N–H and O–H groups in total. The molecule has 20 heavy (non-hydrogen) atoms. The van der Waals surface area contributed by atoms with Crippen molar-refractivity contribution in [1.29, 1.82) is 0 Å². The summed E-state index contributed by atoms with van der Waals surface area (Å²) in [5.74, 6) is 2.57. The second-order valence-electron chi connectivity index (χ2n) is 4.18. The average Bonchev–Trinajstić information content (AvgIpc) is 2.88. The van der Waals surface area contributed by atoms with Gasteiger partial charge in [0.25, 0.3) is 0 Å².